The highest BCUT2D eigenvalue weighted by Gasteiger charge is 2.10. The van der Waals surface area contributed by atoms with Crippen LogP contribution in [0.25, 0.3) is 11.6 Å². The number of rotatable bonds is 7. The number of ether oxygens (including phenoxy) is 1. The van der Waals surface area contributed by atoms with E-state index in [2.05, 4.69) is 31.3 Å². The molecule has 0 spiro atoms. The molecule has 0 saturated heterocycles. The van der Waals surface area contributed by atoms with Gasteiger partial charge in [0.1, 0.15) is 18.4 Å². The topological polar surface area (TPSA) is 123 Å². The molecule has 0 unspecified atom stereocenters. The van der Waals surface area contributed by atoms with Gasteiger partial charge in [-0.2, -0.15) is 20.2 Å². The number of nitrogens with zero attached hydrogens (tertiary/aromatic N) is 5. The van der Waals surface area contributed by atoms with Crippen molar-refractivity contribution in [3.8, 4) is 11.8 Å². The molecule has 2 heterocycles. The first-order valence-electron chi connectivity index (χ1n) is 9.25. The summed E-state index contributed by atoms with van der Waals surface area (Å²) >= 11 is 1.53. The average Bonchev–Trinajstić information content (AvgIpc) is 3.31. The Morgan fingerprint density at radius 3 is 2.61 bits per heavy atom. The smallest absolute Gasteiger partial charge is 0.232 e. The van der Waals surface area contributed by atoms with Gasteiger partial charge in [0.25, 0.3) is 0 Å². The lowest BCUT2D eigenvalue weighted by Crippen LogP contribution is -2.06. The quantitative estimate of drug-likeness (QED) is 0.419. The van der Waals surface area contributed by atoms with Crippen molar-refractivity contribution in [3.63, 3.8) is 0 Å². The number of benzene rings is 2. The van der Waals surface area contributed by atoms with Gasteiger partial charge in [0, 0.05) is 11.1 Å². The van der Waals surface area contributed by atoms with Crippen LogP contribution < -0.4 is 15.8 Å². The lowest BCUT2D eigenvalue weighted by atomic mass is 10.1. The maximum atomic E-state index is 9.65. The highest BCUT2D eigenvalue weighted by atomic mass is 32.1. The summed E-state index contributed by atoms with van der Waals surface area (Å²) in [7, 11) is 0. The van der Waals surface area contributed by atoms with Crippen LogP contribution in [0.5, 0.6) is 5.75 Å². The average molecular weight is 427 g/mol. The van der Waals surface area contributed by atoms with Crippen molar-refractivity contribution in [1.29, 1.82) is 5.26 Å². The fourth-order valence-corrected chi connectivity index (χ4v) is 3.20. The molecular formula is C22H17N7OS. The number of nitrogens with one attached hydrogen (secondary N) is 1. The summed E-state index contributed by atoms with van der Waals surface area (Å²) in [6.07, 6.45) is 1.69. The minimum Gasteiger partial charge on any atom is -0.487 e. The molecule has 4 rings (SSSR count). The number of hydrogen-bond acceptors (Lipinski definition) is 9. The molecule has 0 aliphatic rings. The monoisotopic (exact) mass is 427 g/mol. The molecular weight excluding hydrogens is 410 g/mol. The van der Waals surface area contributed by atoms with Crippen LogP contribution in [0.4, 0.5) is 17.6 Å². The van der Waals surface area contributed by atoms with Crippen molar-refractivity contribution in [2.45, 2.75) is 6.61 Å². The minimum absolute atomic E-state index is 0.0235. The van der Waals surface area contributed by atoms with Gasteiger partial charge < -0.3 is 15.8 Å². The molecule has 2 aromatic carbocycles. The number of hydrogen-bond donors (Lipinski definition) is 2. The van der Waals surface area contributed by atoms with Gasteiger partial charge in [-0.1, -0.05) is 30.3 Å². The van der Waals surface area contributed by atoms with Crippen LogP contribution in [0.15, 0.2) is 65.5 Å². The Morgan fingerprint density at radius 2 is 1.90 bits per heavy atom. The van der Waals surface area contributed by atoms with Crippen molar-refractivity contribution >= 4 is 40.6 Å². The number of nitrogens with two attached hydrogens (primary N) is 1. The first-order valence-corrected chi connectivity index (χ1v) is 10.2. The summed E-state index contributed by atoms with van der Waals surface area (Å²) in [6.45, 7) is 0.406. The Morgan fingerprint density at radius 1 is 1.10 bits per heavy atom. The van der Waals surface area contributed by atoms with Crippen LogP contribution in [-0.4, -0.2) is 19.9 Å². The van der Waals surface area contributed by atoms with E-state index < -0.39 is 0 Å². The largest absolute Gasteiger partial charge is 0.487 e. The summed E-state index contributed by atoms with van der Waals surface area (Å²) in [5.41, 5.74) is 10.3. The van der Waals surface area contributed by atoms with E-state index >= 15 is 0 Å². The SMILES string of the molecule is N#C/C(=C\c1ccc(OCc2cscn2)cc1)c1nc(N)nc(Nc2ccccc2)n1. The Labute approximate surface area is 182 Å². The third-order valence-electron chi connectivity index (χ3n) is 4.11. The molecule has 0 amide bonds. The van der Waals surface area contributed by atoms with Crippen LogP contribution >= 0.6 is 11.3 Å². The molecule has 0 aliphatic heterocycles. The number of allylic oxidation sites excluding steroid dienone is 1. The predicted octanol–water partition coefficient (Wildman–Crippen LogP) is 4.30. The third kappa shape index (κ3) is 5.41. The highest BCUT2D eigenvalue weighted by molar-refractivity contribution is 7.07. The van der Waals surface area contributed by atoms with Gasteiger partial charge in [-0.05, 0) is 35.9 Å². The Hall–Kier alpha value is -4.29. The molecule has 0 aliphatic carbocycles. The van der Waals surface area contributed by atoms with E-state index in [4.69, 9.17) is 10.5 Å². The van der Waals surface area contributed by atoms with Gasteiger partial charge in [-0.15, -0.1) is 11.3 Å². The summed E-state index contributed by atoms with van der Waals surface area (Å²) < 4.78 is 5.71. The second-order valence-electron chi connectivity index (χ2n) is 6.34. The molecule has 0 bridgehead atoms. The lowest BCUT2D eigenvalue weighted by Gasteiger charge is -2.07. The summed E-state index contributed by atoms with van der Waals surface area (Å²) in [4.78, 5) is 16.7. The zero-order chi connectivity index (χ0) is 21.5. The molecule has 0 fully saturated rings. The summed E-state index contributed by atoms with van der Waals surface area (Å²) in [5, 5.41) is 14.6. The van der Waals surface area contributed by atoms with E-state index in [-0.39, 0.29) is 23.3 Å². The van der Waals surface area contributed by atoms with Gasteiger partial charge in [0.15, 0.2) is 5.82 Å². The van der Waals surface area contributed by atoms with Gasteiger partial charge in [0.2, 0.25) is 11.9 Å². The van der Waals surface area contributed by atoms with E-state index in [1.54, 1.807) is 11.6 Å². The van der Waals surface area contributed by atoms with Crippen LogP contribution in [0, 0.1) is 11.3 Å². The highest BCUT2D eigenvalue weighted by Crippen LogP contribution is 2.20. The van der Waals surface area contributed by atoms with E-state index in [9.17, 15) is 5.26 Å². The molecule has 9 heteroatoms. The summed E-state index contributed by atoms with van der Waals surface area (Å²) in [6, 6.07) is 18.9. The molecule has 152 valence electrons. The van der Waals surface area contributed by atoms with Crippen molar-refractivity contribution in [2.24, 2.45) is 0 Å². The van der Waals surface area contributed by atoms with E-state index in [1.165, 1.54) is 11.3 Å². The van der Waals surface area contributed by atoms with Crippen LogP contribution in [-0.2, 0) is 6.61 Å². The second-order valence-corrected chi connectivity index (χ2v) is 7.06. The van der Waals surface area contributed by atoms with Crippen molar-refractivity contribution in [2.75, 3.05) is 11.1 Å². The Bertz CT molecular complexity index is 1220. The molecule has 0 saturated carbocycles. The fraction of sp³-hybridized carbons (Fsp3) is 0.0455. The standard InChI is InChI=1S/C22H17N7OS/c23-11-16(10-15-6-8-19(9-7-15)30-12-18-13-31-14-25-18)20-27-21(24)29-22(28-20)26-17-4-2-1-3-5-17/h1-10,13-14H,12H2,(H3,24,26,27,28,29)/b16-10+. The second kappa shape index (κ2) is 9.47. The van der Waals surface area contributed by atoms with Gasteiger partial charge >= 0.3 is 0 Å². The molecule has 4 aromatic rings. The number of para-hydroxylation sites is 1. The molecule has 31 heavy (non-hydrogen) atoms. The first-order chi connectivity index (χ1) is 15.2. The maximum Gasteiger partial charge on any atom is 0.232 e. The molecule has 3 N–H and O–H groups in total. The van der Waals surface area contributed by atoms with Crippen molar-refractivity contribution < 1.29 is 4.74 Å². The van der Waals surface area contributed by atoms with E-state index in [0.29, 0.717) is 12.4 Å². The molecule has 8 nitrogen and oxygen atoms in total. The van der Waals surface area contributed by atoms with E-state index in [0.717, 1.165) is 16.9 Å². The molecule has 0 radical (unpaired) electrons. The number of nitriles is 1. The first kappa shape index (κ1) is 20.0. The van der Waals surface area contributed by atoms with Crippen LogP contribution in [0.1, 0.15) is 17.1 Å². The lowest BCUT2D eigenvalue weighted by molar-refractivity contribution is 0.302. The summed E-state index contributed by atoms with van der Waals surface area (Å²) in [5.74, 6) is 1.19. The van der Waals surface area contributed by atoms with Gasteiger partial charge in [0.05, 0.1) is 16.8 Å². The van der Waals surface area contributed by atoms with Crippen LogP contribution in [0.2, 0.25) is 0 Å². The van der Waals surface area contributed by atoms with Gasteiger partial charge in [-0.25, -0.2) is 4.98 Å². The molecule has 0 atom stereocenters. The maximum absolute atomic E-state index is 9.65. The Kier molecular flexibility index (Phi) is 6.11. The normalized spacial score (nSPS) is 11.0. The Balaban J connectivity index is 1.52. The van der Waals surface area contributed by atoms with E-state index in [1.807, 2.05) is 60.0 Å². The number of nitrogen functional groups attached to an aromatic ring is 1. The zero-order valence-electron chi connectivity index (χ0n) is 16.3. The zero-order valence-corrected chi connectivity index (χ0v) is 17.1. The predicted molar refractivity (Wildman–Crippen MR) is 120 cm³/mol. The minimum atomic E-state index is 0.0235. The number of anilines is 3. The van der Waals surface area contributed by atoms with Crippen molar-refractivity contribution in [1.82, 2.24) is 19.9 Å². The van der Waals surface area contributed by atoms with Gasteiger partial charge in [-0.3, -0.25) is 0 Å². The van der Waals surface area contributed by atoms with Crippen molar-refractivity contribution in [3.05, 3.63) is 82.6 Å². The number of thiazole rings is 1. The molecule has 2 aromatic heterocycles. The van der Waals surface area contributed by atoms with Crippen LogP contribution in [0.3, 0.4) is 0 Å². The fourth-order valence-electron chi connectivity index (χ4n) is 2.66. The third-order valence-corrected chi connectivity index (χ3v) is 4.74. The number of aromatic nitrogens is 4.